The largest absolute Gasteiger partial charge is 0.356 e. The molecule has 102 valence electrons. The minimum absolute atomic E-state index is 0. The predicted molar refractivity (Wildman–Crippen MR) is 84.1 cm³/mol. The number of halogens is 1. The summed E-state index contributed by atoms with van der Waals surface area (Å²) in [4.78, 5) is 19.5. The SMILES string of the molecule is C#CCN=C(NCC)N1CCN(C(C)=O)CC1.I. The molecule has 6 heteroatoms. The van der Waals surface area contributed by atoms with Crippen LogP contribution in [-0.4, -0.2) is 60.9 Å². The molecule has 0 aliphatic carbocycles. The number of amides is 1. The zero-order valence-corrected chi connectivity index (χ0v) is 13.3. The minimum Gasteiger partial charge on any atom is -0.356 e. The normalized spacial score (nSPS) is 15.7. The van der Waals surface area contributed by atoms with E-state index in [1.807, 2.05) is 11.8 Å². The maximum Gasteiger partial charge on any atom is 0.219 e. The Kier molecular flexibility index (Phi) is 8.54. The Morgan fingerprint density at radius 1 is 1.33 bits per heavy atom. The Bertz CT molecular complexity index is 329. The first kappa shape index (κ1) is 17.0. The summed E-state index contributed by atoms with van der Waals surface area (Å²) >= 11 is 0. The van der Waals surface area contributed by atoms with Gasteiger partial charge in [0.15, 0.2) is 5.96 Å². The van der Waals surface area contributed by atoms with Crippen LogP contribution in [0.15, 0.2) is 4.99 Å². The molecule has 18 heavy (non-hydrogen) atoms. The number of carbonyl (C=O) groups excluding carboxylic acids is 1. The fourth-order valence-electron chi connectivity index (χ4n) is 1.78. The summed E-state index contributed by atoms with van der Waals surface area (Å²) < 4.78 is 0. The quantitative estimate of drug-likeness (QED) is 0.333. The Morgan fingerprint density at radius 2 is 1.89 bits per heavy atom. The molecule has 1 amide bonds. The third-order valence-corrected chi connectivity index (χ3v) is 2.68. The van der Waals surface area contributed by atoms with Gasteiger partial charge in [0.25, 0.3) is 0 Å². The van der Waals surface area contributed by atoms with Crippen molar-refractivity contribution in [1.29, 1.82) is 0 Å². The number of terminal acetylenes is 1. The van der Waals surface area contributed by atoms with Crippen LogP contribution in [0.3, 0.4) is 0 Å². The van der Waals surface area contributed by atoms with Crippen LogP contribution in [0.4, 0.5) is 0 Å². The third kappa shape index (κ3) is 5.12. The number of nitrogens with zero attached hydrogens (tertiary/aromatic N) is 3. The van der Waals surface area contributed by atoms with E-state index >= 15 is 0 Å². The number of nitrogens with one attached hydrogen (secondary N) is 1. The minimum atomic E-state index is 0. The monoisotopic (exact) mass is 364 g/mol. The maximum atomic E-state index is 11.2. The molecule has 1 aliphatic heterocycles. The molecule has 1 aliphatic rings. The average molecular weight is 364 g/mol. The molecule has 1 N–H and O–H groups in total. The lowest BCUT2D eigenvalue weighted by Gasteiger charge is -2.36. The van der Waals surface area contributed by atoms with Crippen LogP contribution in [0.1, 0.15) is 13.8 Å². The van der Waals surface area contributed by atoms with Crippen molar-refractivity contribution in [2.75, 3.05) is 39.3 Å². The lowest BCUT2D eigenvalue weighted by molar-refractivity contribution is -0.130. The van der Waals surface area contributed by atoms with Crippen LogP contribution in [0.25, 0.3) is 0 Å². The first-order valence-electron chi connectivity index (χ1n) is 5.91. The molecule has 0 aromatic rings. The van der Waals surface area contributed by atoms with E-state index in [1.165, 1.54) is 0 Å². The van der Waals surface area contributed by atoms with Gasteiger partial charge in [0.05, 0.1) is 0 Å². The van der Waals surface area contributed by atoms with E-state index in [0.29, 0.717) is 6.54 Å². The molecule has 0 unspecified atom stereocenters. The van der Waals surface area contributed by atoms with Crippen molar-refractivity contribution in [2.45, 2.75) is 13.8 Å². The summed E-state index contributed by atoms with van der Waals surface area (Å²) in [6.07, 6.45) is 5.21. The van der Waals surface area contributed by atoms with Crippen LogP contribution >= 0.6 is 24.0 Å². The average Bonchev–Trinajstić information content (AvgIpc) is 2.34. The number of hydrogen-bond donors (Lipinski definition) is 1. The summed E-state index contributed by atoms with van der Waals surface area (Å²) in [5, 5.41) is 3.21. The highest BCUT2D eigenvalue weighted by Crippen LogP contribution is 2.02. The second-order valence-corrected chi connectivity index (χ2v) is 3.87. The molecule has 1 fully saturated rings. The van der Waals surface area contributed by atoms with Gasteiger partial charge in [-0.25, -0.2) is 4.99 Å². The Morgan fingerprint density at radius 3 is 2.33 bits per heavy atom. The van der Waals surface area contributed by atoms with Gasteiger partial charge in [-0.2, -0.15) is 0 Å². The van der Waals surface area contributed by atoms with Gasteiger partial charge >= 0.3 is 0 Å². The van der Waals surface area contributed by atoms with Gasteiger partial charge in [0, 0.05) is 39.6 Å². The number of carbonyl (C=O) groups is 1. The second kappa shape index (κ2) is 9.03. The highest BCUT2D eigenvalue weighted by Gasteiger charge is 2.20. The van der Waals surface area contributed by atoms with E-state index in [4.69, 9.17) is 6.42 Å². The van der Waals surface area contributed by atoms with Crippen molar-refractivity contribution in [1.82, 2.24) is 15.1 Å². The lowest BCUT2D eigenvalue weighted by Crippen LogP contribution is -2.53. The van der Waals surface area contributed by atoms with Crippen LogP contribution in [0.2, 0.25) is 0 Å². The van der Waals surface area contributed by atoms with Crippen molar-refractivity contribution < 1.29 is 4.79 Å². The molecule has 0 aromatic carbocycles. The van der Waals surface area contributed by atoms with Gasteiger partial charge in [-0.15, -0.1) is 30.4 Å². The summed E-state index contributed by atoms with van der Waals surface area (Å²) in [6.45, 7) is 7.92. The third-order valence-electron chi connectivity index (χ3n) is 2.68. The summed E-state index contributed by atoms with van der Waals surface area (Å²) in [5.74, 6) is 3.48. The first-order chi connectivity index (χ1) is 8.19. The zero-order valence-electron chi connectivity index (χ0n) is 11.0. The van der Waals surface area contributed by atoms with Gasteiger partial charge in [-0.1, -0.05) is 5.92 Å². The molecule has 0 aromatic heterocycles. The molecule has 1 heterocycles. The Balaban J connectivity index is 0.00000289. The van der Waals surface area contributed by atoms with Crippen LogP contribution < -0.4 is 5.32 Å². The molecule has 0 atom stereocenters. The maximum absolute atomic E-state index is 11.2. The summed E-state index contributed by atoms with van der Waals surface area (Å²) in [5.41, 5.74) is 0. The summed E-state index contributed by atoms with van der Waals surface area (Å²) in [6, 6.07) is 0. The predicted octanol–water partition coefficient (Wildman–Crippen LogP) is 0.367. The van der Waals surface area contributed by atoms with Gasteiger partial charge in [0.1, 0.15) is 6.54 Å². The molecular formula is C12H21IN4O. The Hall–Kier alpha value is -0.970. The number of aliphatic imine (C=N–C) groups is 1. The molecule has 5 nitrogen and oxygen atoms in total. The van der Waals surface area contributed by atoms with Gasteiger partial charge in [0.2, 0.25) is 5.91 Å². The molecule has 0 spiro atoms. The molecule has 1 saturated heterocycles. The fraction of sp³-hybridized carbons (Fsp3) is 0.667. The molecule has 0 saturated carbocycles. The van der Waals surface area contributed by atoms with E-state index < -0.39 is 0 Å². The van der Waals surface area contributed by atoms with Crippen LogP contribution in [0.5, 0.6) is 0 Å². The van der Waals surface area contributed by atoms with Gasteiger partial charge < -0.3 is 15.1 Å². The van der Waals surface area contributed by atoms with Crippen LogP contribution in [0, 0.1) is 12.3 Å². The number of rotatable bonds is 2. The molecule has 0 bridgehead atoms. The van der Waals surface area contributed by atoms with Crippen molar-refractivity contribution in [3.05, 3.63) is 0 Å². The standard InChI is InChI=1S/C12H20N4O.HI/c1-4-6-14-12(13-5-2)16-9-7-15(8-10-16)11(3)17;/h1H,5-10H2,2-3H3,(H,13,14);1H. The number of hydrogen-bond acceptors (Lipinski definition) is 2. The highest BCUT2D eigenvalue weighted by atomic mass is 127. The van der Waals surface area contributed by atoms with E-state index in [2.05, 4.69) is 21.1 Å². The van der Waals surface area contributed by atoms with Crippen molar-refractivity contribution in [2.24, 2.45) is 4.99 Å². The van der Waals surface area contributed by atoms with E-state index in [-0.39, 0.29) is 29.9 Å². The molecule has 1 rings (SSSR count). The van der Waals surface area contributed by atoms with E-state index in [9.17, 15) is 4.79 Å². The van der Waals surface area contributed by atoms with Crippen molar-refractivity contribution in [3.8, 4) is 12.3 Å². The van der Waals surface area contributed by atoms with Crippen molar-refractivity contribution >= 4 is 35.8 Å². The fourth-order valence-corrected chi connectivity index (χ4v) is 1.78. The van der Waals surface area contributed by atoms with Gasteiger partial charge in [-0.3, -0.25) is 4.79 Å². The van der Waals surface area contributed by atoms with E-state index in [1.54, 1.807) is 6.92 Å². The first-order valence-corrected chi connectivity index (χ1v) is 5.91. The number of piperazine rings is 1. The topological polar surface area (TPSA) is 47.9 Å². The smallest absolute Gasteiger partial charge is 0.219 e. The molecule has 0 radical (unpaired) electrons. The highest BCUT2D eigenvalue weighted by molar-refractivity contribution is 14.0. The van der Waals surface area contributed by atoms with E-state index in [0.717, 1.165) is 38.7 Å². The van der Waals surface area contributed by atoms with Gasteiger partial charge in [-0.05, 0) is 6.92 Å². The van der Waals surface area contributed by atoms with Crippen molar-refractivity contribution in [3.63, 3.8) is 0 Å². The summed E-state index contributed by atoms with van der Waals surface area (Å²) in [7, 11) is 0. The Labute approximate surface area is 126 Å². The number of guanidine groups is 1. The second-order valence-electron chi connectivity index (χ2n) is 3.87. The zero-order chi connectivity index (χ0) is 12.7. The molecular weight excluding hydrogens is 343 g/mol. The lowest BCUT2D eigenvalue weighted by atomic mass is 10.3. The van der Waals surface area contributed by atoms with Crippen LogP contribution in [-0.2, 0) is 4.79 Å².